The predicted molar refractivity (Wildman–Crippen MR) is 70.4 cm³/mol. The zero-order chi connectivity index (χ0) is 13.8. The van der Waals surface area contributed by atoms with Gasteiger partial charge in [0.15, 0.2) is 0 Å². The number of ether oxygens (including phenoxy) is 1. The molecule has 1 amide bonds. The maximum Gasteiger partial charge on any atom is 0.407 e. The third kappa shape index (κ3) is 6.03. The van der Waals surface area contributed by atoms with E-state index in [-0.39, 0.29) is 11.8 Å². The second-order valence-corrected chi connectivity index (χ2v) is 6.29. The van der Waals surface area contributed by atoms with Crippen LogP contribution < -0.4 is 5.32 Å². The molecule has 4 nitrogen and oxygen atoms in total. The number of ketones is 1. The second-order valence-electron chi connectivity index (χ2n) is 6.29. The molecule has 1 saturated carbocycles. The number of rotatable bonds is 5. The first kappa shape index (κ1) is 15.0. The summed E-state index contributed by atoms with van der Waals surface area (Å²) in [5.41, 5.74) is -0.500. The fraction of sp³-hybridized carbons (Fsp3) is 0.857. The lowest BCUT2D eigenvalue weighted by atomic mass is 9.81. The fourth-order valence-electron chi connectivity index (χ4n) is 2.00. The standard InChI is InChI=1S/C14H25NO3/c1-10(15-13(17)18-14(2,3)4)8-12(16)9-11-6-5-7-11/h10-11H,5-9H2,1-4H3,(H,15,17). The van der Waals surface area contributed by atoms with Gasteiger partial charge in [-0.2, -0.15) is 0 Å². The molecule has 0 saturated heterocycles. The third-order valence-corrected chi connectivity index (χ3v) is 3.04. The summed E-state index contributed by atoms with van der Waals surface area (Å²) in [7, 11) is 0. The Morgan fingerprint density at radius 1 is 1.33 bits per heavy atom. The Morgan fingerprint density at radius 2 is 1.94 bits per heavy atom. The molecule has 18 heavy (non-hydrogen) atoms. The molecule has 104 valence electrons. The van der Waals surface area contributed by atoms with Crippen molar-refractivity contribution in [3.05, 3.63) is 0 Å². The van der Waals surface area contributed by atoms with Gasteiger partial charge in [-0.1, -0.05) is 19.3 Å². The van der Waals surface area contributed by atoms with Crippen molar-refractivity contribution in [2.24, 2.45) is 5.92 Å². The molecule has 4 heteroatoms. The lowest BCUT2D eigenvalue weighted by molar-refractivity contribution is -0.120. The van der Waals surface area contributed by atoms with Gasteiger partial charge < -0.3 is 10.1 Å². The van der Waals surface area contributed by atoms with Gasteiger partial charge in [0, 0.05) is 18.9 Å². The topological polar surface area (TPSA) is 55.4 Å². The van der Waals surface area contributed by atoms with E-state index in [4.69, 9.17) is 4.74 Å². The van der Waals surface area contributed by atoms with Crippen molar-refractivity contribution in [2.45, 2.75) is 71.4 Å². The van der Waals surface area contributed by atoms with Crippen molar-refractivity contribution in [1.29, 1.82) is 0 Å². The molecule has 1 rings (SSSR count). The van der Waals surface area contributed by atoms with E-state index in [9.17, 15) is 9.59 Å². The van der Waals surface area contributed by atoms with E-state index in [1.165, 1.54) is 19.3 Å². The van der Waals surface area contributed by atoms with Gasteiger partial charge in [-0.05, 0) is 33.6 Å². The number of nitrogens with one attached hydrogen (secondary N) is 1. The smallest absolute Gasteiger partial charge is 0.407 e. The number of carbonyl (C=O) groups excluding carboxylic acids is 2. The molecular weight excluding hydrogens is 230 g/mol. The van der Waals surface area contributed by atoms with Gasteiger partial charge in [-0.3, -0.25) is 4.79 Å². The predicted octanol–water partition coefficient (Wildman–Crippen LogP) is 3.05. The largest absolute Gasteiger partial charge is 0.444 e. The van der Waals surface area contributed by atoms with Crippen LogP contribution in [0.3, 0.4) is 0 Å². The first-order valence-corrected chi connectivity index (χ1v) is 6.77. The average molecular weight is 255 g/mol. The van der Waals surface area contributed by atoms with Crippen molar-refractivity contribution in [2.75, 3.05) is 0 Å². The normalized spacial score (nSPS) is 17.8. The Labute approximate surface area is 109 Å². The summed E-state index contributed by atoms with van der Waals surface area (Å²) in [5.74, 6) is 0.828. The Balaban J connectivity index is 2.21. The zero-order valence-electron chi connectivity index (χ0n) is 11.9. The summed E-state index contributed by atoms with van der Waals surface area (Å²) in [6, 6.07) is -0.160. The SMILES string of the molecule is CC(CC(=O)CC1CCC1)NC(=O)OC(C)(C)C. The quantitative estimate of drug-likeness (QED) is 0.821. The first-order valence-electron chi connectivity index (χ1n) is 6.77. The van der Waals surface area contributed by atoms with Crippen molar-refractivity contribution in [1.82, 2.24) is 5.32 Å². The summed E-state index contributed by atoms with van der Waals surface area (Å²) >= 11 is 0. The van der Waals surface area contributed by atoms with E-state index < -0.39 is 11.7 Å². The highest BCUT2D eigenvalue weighted by Gasteiger charge is 2.23. The van der Waals surface area contributed by atoms with Crippen molar-refractivity contribution in [3.8, 4) is 0 Å². The molecule has 1 unspecified atom stereocenters. The molecule has 0 bridgehead atoms. The Bertz CT molecular complexity index is 303. The first-order chi connectivity index (χ1) is 8.26. The molecule has 0 aliphatic heterocycles. The molecule has 1 aliphatic rings. The minimum absolute atomic E-state index is 0.160. The van der Waals surface area contributed by atoms with Crippen LogP contribution in [0.25, 0.3) is 0 Å². The van der Waals surface area contributed by atoms with Gasteiger partial charge in [0.05, 0.1) is 0 Å². The number of hydrogen-bond donors (Lipinski definition) is 1. The van der Waals surface area contributed by atoms with Crippen molar-refractivity contribution < 1.29 is 14.3 Å². The molecule has 0 aromatic rings. The molecule has 1 aliphatic carbocycles. The van der Waals surface area contributed by atoms with E-state index >= 15 is 0 Å². The number of alkyl carbamates (subject to hydrolysis) is 1. The van der Waals surface area contributed by atoms with Gasteiger partial charge in [0.25, 0.3) is 0 Å². The summed E-state index contributed by atoms with van der Waals surface area (Å²) in [6.45, 7) is 7.29. The summed E-state index contributed by atoms with van der Waals surface area (Å²) in [6.07, 6.45) is 4.23. The van der Waals surface area contributed by atoms with Gasteiger partial charge in [0.2, 0.25) is 0 Å². The Hall–Kier alpha value is -1.06. The van der Waals surface area contributed by atoms with Crippen LogP contribution >= 0.6 is 0 Å². The average Bonchev–Trinajstić information content (AvgIpc) is 2.07. The molecule has 1 atom stereocenters. The van der Waals surface area contributed by atoms with Crippen LogP contribution in [0.4, 0.5) is 4.79 Å². The molecule has 0 radical (unpaired) electrons. The highest BCUT2D eigenvalue weighted by molar-refractivity contribution is 5.80. The Morgan fingerprint density at radius 3 is 2.39 bits per heavy atom. The van der Waals surface area contributed by atoms with Gasteiger partial charge in [0.1, 0.15) is 11.4 Å². The molecule has 0 aromatic heterocycles. The van der Waals surface area contributed by atoms with E-state index in [2.05, 4.69) is 5.32 Å². The van der Waals surface area contributed by atoms with Crippen LogP contribution in [-0.2, 0) is 9.53 Å². The second kappa shape index (κ2) is 6.21. The van der Waals surface area contributed by atoms with Crippen LogP contribution in [0.5, 0.6) is 0 Å². The van der Waals surface area contributed by atoms with Crippen LogP contribution in [0.15, 0.2) is 0 Å². The third-order valence-electron chi connectivity index (χ3n) is 3.04. The maximum atomic E-state index is 11.7. The van der Waals surface area contributed by atoms with Crippen LogP contribution in [0.1, 0.15) is 59.8 Å². The van der Waals surface area contributed by atoms with E-state index in [1.807, 2.05) is 27.7 Å². The highest BCUT2D eigenvalue weighted by Crippen LogP contribution is 2.29. The molecule has 0 heterocycles. The molecule has 1 fully saturated rings. The van der Waals surface area contributed by atoms with Crippen LogP contribution in [0.2, 0.25) is 0 Å². The number of amides is 1. The van der Waals surface area contributed by atoms with Crippen molar-refractivity contribution in [3.63, 3.8) is 0 Å². The molecule has 1 N–H and O–H groups in total. The van der Waals surface area contributed by atoms with Crippen LogP contribution in [-0.4, -0.2) is 23.5 Å². The van der Waals surface area contributed by atoms with Crippen molar-refractivity contribution >= 4 is 11.9 Å². The van der Waals surface area contributed by atoms with Crippen LogP contribution in [0, 0.1) is 5.92 Å². The van der Waals surface area contributed by atoms with E-state index in [1.54, 1.807) is 0 Å². The highest BCUT2D eigenvalue weighted by atomic mass is 16.6. The zero-order valence-corrected chi connectivity index (χ0v) is 11.9. The number of hydrogen-bond acceptors (Lipinski definition) is 3. The summed E-state index contributed by atoms with van der Waals surface area (Å²) in [4.78, 5) is 23.2. The van der Waals surface area contributed by atoms with E-state index in [0.29, 0.717) is 18.8 Å². The van der Waals surface area contributed by atoms with Gasteiger partial charge in [-0.15, -0.1) is 0 Å². The minimum Gasteiger partial charge on any atom is -0.444 e. The molecule has 0 spiro atoms. The number of carbonyl (C=O) groups is 2. The van der Waals surface area contributed by atoms with Gasteiger partial charge in [-0.25, -0.2) is 4.79 Å². The molecule has 0 aromatic carbocycles. The number of Topliss-reactive ketones (excluding diaryl/α,β-unsaturated/α-hetero) is 1. The summed E-state index contributed by atoms with van der Waals surface area (Å²) < 4.78 is 5.14. The lowest BCUT2D eigenvalue weighted by Crippen LogP contribution is -2.38. The lowest BCUT2D eigenvalue weighted by Gasteiger charge is -2.25. The maximum absolute atomic E-state index is 11.7. The summed E-state index contributed by atoms with van der Waals surface area (Å²) in [5, 5.41) is 2.69. The van der Waals surface area contributed by atoms with E-state index in [0.717, 1.165) is 0 Å². The minimum atomic E-state index is -0.500. The molecular formula is C14H25NO3. The monoisotopic (exact) mass is 255 g/mol. The fourth-order valence-corrected chi connectivity index (χ4v) is 2.00. The van der Waals surface area contributed by atoms with Gasteiger partial charge >= 0.3 is 6.09 Å². The Kier molecular flexibility index (Phi) is 5.17.